The first kappa shape index (κ1) is 73.8. The van der Waals surface area contributed by atoms with Gasteiger partial charge in [0.05, 0.1) is 25.4 Å². The fourth-order valence-electron chi connectivity index (χ4n) is 10.4. The largest absolute Gasteiger partial charge is 0.466 e. The lowest BCUT2D eigenvalue weighted by Crippen LogP contribution is -2.45. The summed E-state index contributed by atoms with van der Waals surface area (Å²) in [6.45, 7) is 4.89. The van der Waals surface area contributed by atoms with Crippen molar-refractivity contribution >= 4 is 11.9 Å². The average molecular weight is 1070 g/mol. The molecule has 2 atom stereocenters. The van der Waals surface area contributed by atoms with Crippen molar-refractivity contribution in [2.75, 3.05) is 13.2 Å². The molecule has 0 heterocycles. The number of aliphatic hydroxyl groups excluding tert-OH is 2. The molecule has 0 aromatic heterocycles. The van der Waals surface area contributed by atoms with Crippen LogP contribution in [0.3, 0.4) is 0 Å². The Morgan fingerprint density at radius 2 is 0.658 bits per heavy atom. The Hall–Kier alpha value is -2.18. The minimum atomic E-state index is -0.843. The van der Waals surface area contributed by atoms with E-state index in [0.29, 0.717) is 19.4 Å². The minimum Gasteiger partial charge on any atom is -0.466 e. The maximum Gasteiger partial charge on any atom is 0.305 e. The zero-order valence-electron chi connectivity index (χ0n) is 51.0. The molecule has 0 saturated heterocycles. The maximum atomic E-state index is 12.5. The molecule has 0 radical (unpaired) electrons. The van der Waals surface area contributed by atoms with Gasteiger partial charge in [0.1, 0.15) is 0 Å². The molecule has 76 heavy (non-hydrogen) atoms. The zero-order chi connectivity index (χ0) is 55.0. The van der Waals surface area contributed by atoms with E-state index in [1.807, 2.05) is 6.08 Å². The summed E-state index contributed by atoms with van der Waals surface area (Å²) in [5.41, 5.74) is 0. The van der Waals surface area contributed by atoms with Crippen LogP contribution in [0.5, 0.6) is 0 Å². The molecule has 6 nitrogen and oxygen atoms in total. The molecule has 0 aromatic carbocycles. The van der Waals surface area contributed by atoms with Crippen LogP contribution in [0.4, 0.5) is 0 Å². The summed E-state index contributed by atoms with van der Waals surface area (Å²) in [6, 6.07) is -0.627. The smallest absolute Gasteiger partial charge is 0.305 e. The van der Waals surface area contributed by atoms with Crippen molar-refractivity contribution in [3.63, 3.8) is 0 Å². The van der Waals surface area contributed by atoms with E-state index < -0.39 is 12.1 Å². The van der Waals surface area contributed by atoms with Crippen LogP contribution in [-0.4, -0.2) is 47.4 Å². The zero-order valence-corrected chi connectivity index (χ0v) is 51.0. The number of nitrogens with one attached hydrogen (secondary N) is 1. The number of unbranched alkanes of at least 4 members (excludes halogenated alkanes) is 46. The minimum absolute atomic E-state index is 0.00265. The predicted molar refractivity (Wildman–Crippen MR) is 333 cm³/mol. The Morgan fingerprint density at radius 3 is 1.04 bits per heavy atom. The highest BCUT2D eigenvalue weighted by Crippen LogP contribution is 2.17. The summed E-state index contributed by atoms with van der Waals surface area (Å²) in [5, 5.41) is 23.1. The van der Waals surface area contributed by atoms with Crippen molar-refractivity contribution in [3.8, 4) is 0 Å². The Bertz CT molecular complexity index is 1270. The van der Waals surface area contributed by atoms with E-state index in [4.69, 9.17) is 4.74 Å². The van der Waals surface area contributed by atoms with E-state index in [1.54, 1.807) is 6.08 Å². The summed E-state index contributed by atoms with van der Waals surface area (Å²) in [7, 11) is 0. The highest BCUT2D eigenvalue weighted by atomic mass is 16.5. The maximum absolute atomic E-state index is 12.5. The molecule has 2 unspecified atom stereocenters. The molecule has 0 aliphatic heterocycles. The predicted octanol–water partition coefficient (Wildman–Crippen LogP) is 21.7. The Labute approximate surface area is 474 Å². The number of carbonyl (C=O) groups excluding carboxylic acids is 2. The molecular formula is C70H131NO5. The summed E-state index contributed by atoms with van der Waals surface area (Å²) in [6.07, 6.45) is 84.7. The third kappa shape index (κ3) is 61.0. The van der Waals surface area contributed by atoms with Gasteiger partial charge in [0.15, 0.2) is 0 Å². The van der Waals surface area contributed by atoms with Crippen LogP contribution in [0.15, 0.2) is 48.6 Å². The summed E-state index contributed by atoms with van der Waals surface area (Å²) in [5.74, 6) is -0.0629. The van der Waals surface area contributed by atoms with Crippen LogP contribution >= 0.6 is 0 Å². The molecule has 0 bridgehead atoms. The van der Waals surface area contributed by atoms with Crippen molar-refractivity contribution in [2.24, 2.45) is 0 Å². The molecular weight excluding hydrogens is 935 g/mol. The lowest BCUT2D eigenvalue weighted by molar-refractivity contribution is -0.143. The van der Waals surface area contributed by atoms with Gasteiger partial charge in [0, 0.05) is 12.8 Å². The Morgan fingerprint density at radius 1 is 0.368 bits per heavy atom. The van der Waals surface area contributed by atoms with E-state index >= 15 is 0 Å². The van der Waals surface area contributed by atoms with E-state index in [2.05, 4.69) is 55.6 Å². The van der Waals surface area contributed by atoms with Crippen molar-refractivity contribution in [3.05, 3.63) is 48.6 Å². The standard InChI is InChI=1S/C70H131NO5/c1-3-5-7-9-11-13-15-17-35-40-44-48-52-56-60-64-70(75)76-65-61-57-53-49-45-41-37-34-32-30-28-26-24-22-20-19-21-23-25-27-29-31-33-36-39-43-47-51-55-59-63-69(74)71-67(66-72)68(73)62-58-54-50-46-42-38-18-16-14-12-10-8-6-4-2/h11,13,17,20,22,35,58,62,67-68,72-73H,3-10,12,14-16,18-19,21,23-34,36-57,59-61,63-66H2,1-2H3,(H,71,74)/b13-11-,22-20-,35-17-,62-58+. The second kappa shape index (κ2) is 65.3. The van der Waals surface area contributed by atoms with Crippen LogP contribution in [0, 0.1) is 0 Å². The molecule has 446 valence electrons. The van der Waals surface area contributed by atoms with Gasteiger partial charge in [0.25, 0.3) is 0 Å². The number of hydrogen-bond donors (Lipinski definition) is 3. The molecule has 6 heteroatoms. The number of rotatable bonds is 63. The molecule has 0 aliphatic rings. The van der Waals surface area contributed by atoms with Gasteiger partial charge in [-0.25, -0.2) is 0 Å². The SMILES string of the molecule is CCCCC/C=C\C/C=C\CCCCCCCC(=O)OCCCCCCCCCCCCCC/C=C\CCCCCCCCCCCCCCCCC(=O)NC(CO)C(O)/C=C/CCCCCCCCCCCCCC. The Balaban J connectivity index is 3.38. The highest BCUT2D eigenvalue weighted by molar-refractivity contribution is 5.76. The second-order valence-corrected chi connectivity index (χ2v) is 23.1. The van der Waals surface area contributed by atoms with Gasteiger partial charge in [0.2, 0.25) is 5.91 Å². The average Bonchev–Trinajstić information content (AvgIpc) is 3.42. The van der Waals surface area contributed by atoms with Crippen molar-refractivity contribution < 1.29 is 24.5 Å². The van der Waals surface area contributed by atoms with Gasteiger partial charge in [-0.1, -0.05) is 306 Å². The van der Waals surface area contributed by atoms with E-state index in [-0.39, 0.29) is 18.5 Å². The first-order chi connectivity index (χ1) is 37.5. The summed E-state index contributed by atoms with van der Waals surface area (Å²) >= 11 is 0. The first-order valence-corrected chi connectivity index (χ1v) is 33.9. The number of hydrogen-bond acceptors (Lipinski definition) is 5. The second-order valence-electron chi connectivity index (χ2n) is 23.1. The lowest BCUT2D eigenvalue weighted by Gasteiger charge is -2.20. The van der Waals surface area contributed by atoms with Gasteiger partial charge in [-0.15, -0.1) is 0 Å². The number of amides is 1. The number of aliphatic hydroxyl groups is 2. The Kier molecular flexibility index (Phi) is 63.5. The van der Waals surface area contributed by atoms with Gasteiger partial charge in [-0.2, -0.15) is 0 Å². The van der Waals surface area contributed by atoms with Crippen LogP contribution in [0.1, 0.15) is 361 Å². The molecule has 0 aliphatic carbocycles. The number of carbonyl (C=O) groups is 2. The first-order valence-electron chi connectivity index (χ1n) is 33.9. The van der Waals surface area contributed by atoms with Crippen LogP contribution in [-0.2, 0) is 14.3 Å². The van der Waals surface area contributed by atoms with Crippen molar-refractivity contribution in [1.29, 1.82) is 0 Å². The number of allylic oxidation sites excluding steroid dienone is 7. The van der Waals surface area contributed by atoms with Gasteiger partial charge in [-0.05, 0) is 89.9 Å². The van der Waals surface area contributed by atoms with E-state index in [0.717, 1.165) is 51.4 Å². The topological polar surface area (TPSA) is 95.9 Å². The molecule has 0 saturated carbocycles. The third-order valence-electron chi connectivity index (χ3n) is 15.6. The molecule has 3 N–H and O–H groups in total. The molecule has 0 fully saturated rings. The van der Waals surface area contributed by atoms with E-state index in [9.17, 15) is 19.8 Å². The van der Waals surface area contributed by atoms with Crippen LogP contribution in [0.25, 0.3) is 0 Å². The fraction of sp³-hybridized carbons (Fsp3) is 0.857. The van der Waals surface area contributed by atoms with Crippen molar-refractivity contribution in [1.82, 2.24) is 5.32 Å². The van der Waals surface area contributed by atoms with Crippen LogP contribution < -0.4 is 5.32 Å². The lowest BCUT2D eigenvalue weighted by atomic mass is 10.0. The molecule has 1 amide bonds. The van der Waals surface area contributed by atoms with Gasteiger partial charge < -0.3 is 20.3 Å². The summed E-state index contributed by atoms with van der Waals surface area (Å²) < 4.78 is 5.48. The quantitative estimate of drug-likeness (QED) is 0.0320. The van der Waals surface area contributed by atoms with Gasteiger partial charge in [-0.3, -0.25) is 9.59 Å². The molecule has 0 rings (SSSR count). The van der Waals surface area contributed by atoms with Gasteiger partial charge >= 0.3 is 5.97 Å². The normalized spacial score (nSPS) is 12.8. The number of esters is 1. The van der Waals surface area contributed by atoms with E-state index in [1.165, 1.54) is 283 Å². The number of ether oxygens (including phenoxy) is 1. The monoisotopic (exact) mass is 1070 g/mol. The van der Waals surface area contributed by atoms with Crippen LogP contribution in [0.2, 0.25) is 0 Å². The molecule has 0 spiro atoms. The third-order valence-corrected chi connectivity index (χ3v) is 15.6. The highest BCUT2D eigenvalue weighted by Gasteiger charge is 2.18. The van der Waals surface area contributed by atoms with Crippen molar-refractivity contribution in [2.45, 2.75) is 373 Å². The molecule has 0 aromatic rings. The summed E-state index contributed by atoms with van der Waals surface area (Å²) in [4.78, 5) is 24.5. The fourth-order valence-corrected chi connectivity index (χ4v) is 10.4.